The van der Waals surface area contributed by atoms with Crippen molar-refractivity contribution in [2.45, 2.75) is 44.9 Å². The molecule has 0 bridgehead atoms. The van der Waals surface area contributed by atoms with Crippen LogP contribution in [-0.4, -0.2) is 42.4 Å². The summed E-state index contributed by atoms with van der Waals surface area (Å²) in [6.45, 7) is 5.92. The molecule has 4 nitrogen and oxygen atoms in total. The SMILES string of the molecule is CCC(N)C(c1ccc(OC)cc1)N1CCC(C)C(O)C1. The van der Waals surface area contributed by atoms with E-state index in [1.54, 1.807) is 7.11 Å². The maximum atomic E-state index is 10.2. The molecular weight excluding hydrogens is 264 g/mol. The van der Waals surface area contributed by atoms with Crippen molar-refractivity contribution in [2.24, 2.45) is 11.7 Å². The largest absolute Gasteiger partial charge is 0.497 e. The number of β-amino-alcohol motifs (C(OH)–C–C–N with tert-alkyl or cyclic N) is 1. The number of nitrogens with zero attached hydrogens (tertiary/aromatic N) is 1. The predicted octanol–water partition coefficient (Wildman–Crippen LogP) is 2.18. The Hall–Kier alpha value is -1.10. The van der Waals surface area contributed by atoms with Gasteiger partial charge in [-0.15, -0.1) is 0 Å². The normalized spacial score (nSPS) is 26.3. The van der Waals surface area contributed by atoms with Gasteiger partial charge >= 0.3 is 0 Å². The van der Waals surface area contributed by atoms with Gasteiger partial charge in [-0.2, -0.15) is 0 Å². The molecule has 4 heteroatoms. The van der Waals surface area contributed by atoms with E-state index in [2.05, 4.69) is 30.9 Å². The number of benzene rings is 1. The molecular formula is C17H28N2O2. The van der Waals surface area contributed by atoms with Gasteiger partial charge in [-0.25, -0.2) is 0 Å². The van der Waals surface area contributed by atoms with Crippen LogP contribution >= 0.6 is 0 Å². The van der Waals surface area contributed by atoms with Crippen LogP contribution in [0.25, 0.3) is 0 Å². The summed E-state index contributed by atoms with van der Waals surface area (Å²) in [5, 5.41) is 10.2. The van der Waals surface area contributed by atoms with E-state index in [-0.39, 0.29) is 18.2 Å². The lowest BCUT2D eigenvalue weighted by Crippen LogP contribution is -2.49. The Morgan fingerprint density at radius 1 is 1.38 bits per heavy atom. The number of methoxy groups -OCH3 is 1. The third kappa shape index (κ3) is 3.76. The highest BCUT2D eigenvalue weighted by Crippen LogP contribution is 2.30. The lowest BCUT2D eigenvalue weighted by Gasteiger charge is -2.41. The van der Waals surface area contributed by atoms with Gasteiger partial charge in [-0.1, -0.05) is 26.0 Å². The zero-order valence-electron chi connectivity index (χ0n) is 13.3. The van der Waals surface area contributed by atoms with Crippen LogP contribution in [0.15, 0.2) is 24.3 Å². The van der Waals surface area contributed by atoms with Crippen molar-refractivity contribution >= 4 is 0 Å². The summed E-state index contributed by atoms with van der Waals surface area (Å²) in [6, 6.07) is 8.36. The minimum Gasteiger partial charge on any atom is -0.497 e. The molecule has 0 spiro atoms. The molecule has 0 amide bonds. The number of aliphatic hydroxyl groups is 1. The molecule has 0 aromatic heterocycles. The maximum Gasteiger partial charge on any atom is 0.118 e. The third-order valence-electron chi connectivity index (χ3n) is 4.68. The third-order valence-corrected chi connectivity index (χ3v) is 4.68. The number of hydrogen-bond acceptors (Lipinski definition) is 4. The Balaban J connectivity index is 2.21. The highest BCUT2D eigenvalue weighted by Gasteiger charge is 2.32. The van der Waals surface area contributed by atoms with Crippen LogP contribution in [-0.2, 0) is 0 Å². The van der Waals surface area contributed by atoms with Crippen LogP contribution in [0.1, 0.15) is 38.3 Å². The molecule has 0 radical (unpaired) electrons. The van der Waals surface area contributed by atoms with E-state index in [1.165, 1.54) is 5.56 Å². The molecule has 2 rings (SSSR count). The average Bonchev–Trinajstić information content (AvgIpc) is 2.51. The van der Waals surface area contributed by atoms with Crippen LogP contribution in [0.4, 0.5) is 0 Å². The number of rotatable bonds is 5. The topological polar surface area (TPSA) is 58.7 Å². The van der Waals surface area contributed by atoms with Crippen molar-refractivity contribution in [1.82, 2.24) is 4.90 Å². The minimum absolute atomic E-state index is 0.0685. The summed E-state index contributed by atoms with van der Waals surface area (Å²) in [4.78, 5) is 2.33. The number of likely N-dealkylation sites (tertiary alicyclic amines) is 1. The molecule has 1 fully saturated rings. The van der Waals surface area contributed by atoms with E-state index >= 15 is 0 Å². The lowest BCUT2D eigenvalue weighted by molar-refractivity contribution is 0.00395. The fourth-order valence-electron chi connectivity index (χ4n) is 3.08. The van der Waals surface area contributed by atoms with E-state index in [9.17, 15) is 5.11 Å². The van der Waals surface area contributed by atoms with Crippen molar-refractivity contribution in [1.29, 1.82) is 0 Å². The molecule has 118 valence electrons. The Kier molecular flexibility index (Phi) is 5.62. The molecule has 1 heterocycles. The predicted molar refractivity (Wildman–Crippen MR) is 85.4 cm³/mol. The summed E-state index contributed by atoms with van der Waals surface area (Å²) < 4.78 is 5.23. The Morgan fingerprint density at radius 2 is 2.05 bits per heavy atom. The highest BCUT2D eigenvalue weighted by molar-refractivity contribution is 5.30. The zero-order chi connectivity index (χ0) is 15.4. The van der Waals surface area contributed by atoms with Gasteiger partial charge in [-0.3, -0.25) is 4.90 Å². The van der Waals surface area contributed by atoms with Gasteiger partial charge in [-0.05, 0) is 43.0 Å². The van der Waals surface area contributed by atoms with Crippen LogP contribution in [0.2, 0.25) is 0 Å². The average molecular weight is 292 g/mol. The van der Waals surface area contributed by atoms with Crippen molar-refractivity contribution in [3.8, 4) is 5.75 Å². The van der Waals surface area contributed by atoms with Crippen molar-refractivity contribution in [3.05, 3.63) is 29.8 Å². The minimum atomic E-state index is -0.261. The Morgan fingerprint density at radius 3 is 2.57 bits per heavy atom. The van der Waals surface area contributed by atoms with E-state index in [0.717, 1.165) is 25.1 Å². The Bertz CT molecular complexity index is 435. The van der Waals surface area contributed by atoms with Gasteiger partial charge in [0.25, 0.3) is 0 Å². The Labute approximate surface area is 127 Å². The van der Waals surface area contributed by atoms with Gasteiger partial charge in [0.05, 0.1) is 13.2 Å². The zero-order valence-corrected chi connectivity index (χ0v) is 13.3. The number of hydrogen-bond donors (Lipinski definition) is 2. The van der Waals surface area contributed by atoms with E-state index in [4.69, 9.17) is 10.5 Å². The van der Waals surface area contributed by atoms with Crippen LogP contribution in [0.3, 0.4) is 0 Å². The van der Waals surface area contributed by atoms with Crippen LogP contribution < -0.4 is 10.5 Å². The molecule has 0 saturated carbocycles. The van der Waals surface area contributed by atoms with Gasteiger partial charge in [0.15, 0.2) is 0 Å². The highest BCUT2D eigenvalue weighted by atomic mass is 16.5. The summed E-state index contributed by atoms with van der Waals surface area (Å²) in [6.07, 6.45) is 1.67. The molecule has 3 N–H and O–H groups in total. The summed E-state index contributed by atoms with van der Waals surface area (Å²) in [7, 11) is 1.67. The summed E-state index contributed by atoms with van der Waals surface area (Å²) in [5.74, 6) is 1.23. The second-order valence-electron chi connectivity index (χ2n) is 6.12. The molecule has 4 atom stereocenters. The number of piperidine rings is 1. The smallest absolute Gasteiger partial charge is 0.118 e. The number of aliphatic hydroxyl groups excluding tert-OH is 1. The first-order chi connectivity index (χ1) is 10.1. The standard InChI is InChI=1S/C17H28N2O2/c1-4-15(18)17(13-5-7-14(21-3)8-6-13)19-10-9-12(2)16(20)11-19/h5-8,12,15-17,20H,4,9-11,18H2,1-3H3. The van der Waals surface area contributed by atoms with Gasteiger partial charge < -0.3 is 15.6 Å². The lowest BCUT2D eigenvalue weighted by atomic mass is 9.90. The van der Waals surface area contributed by atoms with E-state index < -0.39 is 0 Å². The number of ether oxygens (including phenoxy) is 1. The van der Waals surface area contributed by atoms with Gasteiger partial charge in [0, 0.05) is 18.6 Å². The number of nitrogens with two attached hydrogens (primary N) is 1. The van der Waals surface area contributed by atoms with Crippen molar-refractivity contribution in [2.75, 3.05) is 20.2 Å². The van der Waals surface area contributed by atoms with E-state index in [0.29, 0.717) is 12.5 Å². The quantitative estimate of drug-likeness (QED) is 0.873. The first kappa shape index (κ1) is 16.3. The molecule has 0 aliphatic carbocycles. The molecule has 1 aromatic carbocycles. The molecule has 1 aliphatic heterocycles. The van der Waals surface area contributed by atoms with Crippen molar-refractivity contribution < 1.29 is 9.84 Å². The van der Waals surface area contributed by atoms with Gasteiger partial charge in [0.1, 0.15) is 5.75 Å². The second kappa shape index (κ2) is 7.25. The summed E-state index contributed by atoms with van der Waals surface area (Å²) in [5.41, 5.74) is 7.58. The van der Waals surface area contributed by atoms with Crippen LogP contribution in [0, 0.1) is 5.92 Å². The molecule has 1 saturated heterocycles. The molecule has 4 unspecified atom stereocenters. The molecule has 21 heavy (non-hydrogen) atoms. The monoisotopic (exact) mass is 292 g/mol. The second-order valence-corrected chi connectivity index (χ2v) is 6.12. The fraction of sp³-hybridized carbons (Fsp3) is 0.647. The van der Waals surface area contributed by atoms with Crippen molar-refractivity contribution in [3.63, 3.8) is 0 Å². The van der Waals surface area contributed by atoms with E-state index in [1.807, 2.05) is 12.1 Å². The molecule has 1 aliphatic rings. The first-order valence-electron chi connectivity index (χ1n) is 7.88. The van der Waals surface area contributed by atoms with Crippen LogP contribution in [0.5, 0.6) is 5.75 Å². The van der Waals surface area contributed by atoms with Gasteiger partial charge in [0.2, 0.25) is 0 Å². The first-order valence-corrected chi connectivity index (χ1v) is 7.88. The molecule has 1 aromatic rings. The maximum absolute atomic E-state index is 10.2. The summed E-state index contributed by atoms with van der Waals surface area (Å²) >= 11 is 0. The fourth-order valence-corrected chi connectivity index (χ4v) is 3.08.